The smallest absolute Gasteiger partial charge is 0.161 e. The molecule has 0 radical (unpaired) electrons. The lowest BCUT2D eigenvalue weighted by atomic mass is 10.1. The summed E-state index contributed by atoms with van der Waals surface area (Å²) in [7, 11) is 1.68. The minimum absolute atomic E-state index is 0.646. The van der Waals surface area contributed by atoms with Gasteiger partial charge in [0.2, 0.25) is 0 Å². The van der Waals surface area contributed by atoms with Crippen LogP contribution in [0, 0.1) is 0 Å². The monoisotopic (exact) mass is 341 g/mol. The molecule has 134 valence electrons. The summed E-state index contributed by atoms with van der Waals surface area (Å²) in [4.78, 5) is 9.09. The highest BCUT2D eigenvalue weighted by Gasteiger charge is 2.17. The average molecular weight is 341 g/mol. The second-order valence-electron chi connectivity index (χ2n) is 6.33. The highest BCUT2D eigenvalue weighted by atomic mass is 16.5. The van der Waals surface area contributed by atoms with E-state index in [-0.39, 0.29) is 0 Å². The molecule has 5 heteroatoms. The van der Waals surface area contributed by atoms with Crippen LogP contribution in [0.3, 0.4) is 0 Å². The number of nitrogens with zero attached hydrogens (tertiary/aromatic N) is 3. The molecule has 1 aliphatic heterocycles. The van der Waals surface area contributed by atoms with E-state index in [9.17, 15) is 0 Å². The second kappa shape index (κ2) is 8.83. The largest absolute Gasteiger partial charge is 0.493 e. The molecule has 25 heavy (non-hydrogen) atoms. The molecule has 1 aromatic carbocycles. The van der Waals surface area contributed by atoms with E-state index in [1.807, 2.05) is 25.4 Å². The fourth-order valence-electron chi connectivity index (χ4n) is 3.20. The van der Waals surface area contributed by atoms with Crippen LogP contribution in [0.25, 0.3) is 0 Å². The van der Waals surface area contributed by atoms with Gasteiger partial charge in [0.15, 0.2) is 11.5 Å². The standard InChI is InChI=1S/C20H27N3O2/c1-3-25-20-14-18(4-5-19(20)24-2)16-23-12-10-22(11-13-23)15-17-6-8-21-9-7-17/h4-9,14H,3,10-13,15-16H2,1-2H3. The van der Waals surface area contributed by atoms with Crippen LogP contribution < -0.4 is 9.47 Å². The van der Waals surface area contributed by atoms with Crippen LogP contribution >= 0.6 is 0 Å². The van der Waals surface area contributed by atoms with E-state index in [2.05, 4.69) is 39.0 Å². The Hall–Kier alpha value is -2.11. The molecule has 2 aromatic rings. The fourth-order valence-corrected chi connectivity index (χ4v) is 3.20. The first kappa shape index (κ1) is 17.7. The number of benzene rings is 1. The molecule has 2 heterocycles. The Kier molecular flexibility index (Phi) is 6.25. The zero-order chi connectivity index (χ0) is 17.5. The van der Waals surface area contributed by atoms with Gasteiger partial charge in [-0.2, -0.15) is 0 Å². The summed E-state index contributed by atoms with van der Waals surface area (Å²) in [6, 6.07) is 10.4. The SMILES string of the molecule is CCOc1cc(CN2CCN(Cc3ccncc3)CC2)ccc1OC. The van der Waals surface area contributed by atoms with Gasteiger partial charge in [0, 0.05) is 51.7 Å². The number of hydrogen-bond acceptors (Lipinski definition) is 5. The third-order valence-electron chi connectivity index (χ3n) is 4.55. The minimum Gasteiger partial charge on any atom is -0.493 e. The number of aromatic nitrogens is 1. The molecule has 5 nitrogen and oxygen atoms in total. The highest BCUT2D eigenvalue weighted by Crippen LogP contribution is 2.28. The minimum atomic E-state index is 0.646. The van der Waals surface area contributed by atoms with Crippen molar-refractivity contribution in [2.75, 3.05) is 39.9 Å². The molecule has 1 aliphatic rings. The van der Waals surface area contributed by atoms with Crippen molar-refractivity contribution < 1.29 is 9.47 Å². The summed E-state index contributed by atoms with van der Waals surface area (Å²) in [5, 5.41) is 0. The van der Waals surface area contributed by atoms with Gasteiger partial charge in [0.05, 0.1) is 13.7 Å². The lowest BCUT2D eigenvalue weighted by Gasteiger charge is -2.34. The van der Waals surface area contributed by atoms with Crippen molar-refractivity contribution in [1.82, 2.24) is 14.8 Å². The molecule has 0 atom stereocenters. The van der Waals surface area contributed by atoms with E-state index in [4.69, 9.17) is 9.47 Å². The van der Waals surface area contributed by atoms with Crippen LogP contribution in [0.5, 0.6) is 11.5 Å². The van der Waals surface area contributed by atoms with Crippen LogP contribution in [0.1, 0.15) is 18.1 Å². The van der Waals surface area contributed by atoms with Gasteiger partial charge in [-0.1, -0.05) is 6.07 Å². The highest BCUT2D eigenvalue weighted by molar-refractivity contribution is 5.43. The maximum Gasteiger partial charge on any atom is 0.161 e. The Labute approximate surface area is 150 Å². The van der Waals surface area contributed by atoms with E-state index in [1.165, 1.54) is 11.1 Å². The second-order valence-corrected chi connectivity index (χ2v) is 6.33. The first-order chi connectivity index (χ1) is 12.3. The summed E-state index contributed by atoms with van der Waals surface area (Å²) in [6.45, 7) is 8.96. The van der Waals surface area contributed by atoms with Crippen molar-refractivity contribution in [3.8, 4) is 11.5 Å². The molecular weight excluding hydrogens is 314 g/mol. The van der Waals surface area contributed by atoms with Gasteiger partial charge >= 0.3 is 0 Å². The molecule has 0 aliphatic carbocycles. The van der Waals surface area contributed by atoms with Crippen molar-refractivity contribution in [2.45, 2.75) is 20.0 Å². The topological polar surface area (TPSA) is 37.8 Å². The lowest BCUT2D eigenvalue weighted by molar-refractivity contribution is 0.122. The maximum absolute atomic E-state index is 5.68. The van der Waals surface area contributed by atoms with Gasteiger partial charge in [-0.15, -0.1) is 0 Å². The molecule has 1 aromatic heterocycles. The predicted molar refractivity (Wildman–Crippen MR) is 99.0 cm³/mol. The van der Waals surface area contributed by atoms with E-state index < -0.39 is 0 Å². The van der Waals surface area contributed by atoms with Crippen molar-refractivity contribution in [2.24, 2.45) is 0 Å². The molecule has 0 N–H and O–H groups in total. The van der Waals surface area contributed by atoms with Crippen LogP contribution in [-0.2, 0) is 13.1 Å². The molecule has 1 fully saturated rings. The first-order valence-electron chi connectivity index (χ1n) is 8.92. The Bertz CT molecular complexity index is 655. The van der Waals surface area contributed by atoms with Crippen LogP contribution in [0.15, 0.2) is 42.7 Å². The van der Waals surface area contributed by atoms with Crippen LogP contribution in [0.2, 0.25) is 0 Å². The quantitative estimate of drug-likeness (QED) is 0.774. The zero-order valence-electron chi connectivity index (χ0n) is 15.1. The van der Waals surface area contributed by atoms with Gasteiger partial charge in [-0.05, 0) is 42.3 Å². The normalized spacial score (nSPS) is 15.9. The number of pyridine rings is 1. The molecule has 1 saturated heterocycles. The summed E-state index contributed by atoms with van der Waals surface area (Å²) < 4.78 is 11.0. The molecule has 0 spiro atoms. The van der Waals surface area contributed by atoms with Gasteiger partial charge in [0.25, 0.3) is 0 Å². The summed E-state index contributed by atoms with van der Waals surface area (Å²) in [6.07, 6.45) is 3.73. The third kappa shape index (κ3) is 4.94. The average Bonchev–Trinajstić information content (AvgIpc) is 2.65. The third-order valence-corrected chi connectivity index (χ3v) is 4.55. The molecule has 0 amide bonds. The maximum atomic E-state index is 5.68. The van der Waals surface area contributed by atoms with E-state index in [0.717, 1.165) is 50.8 Å². The van der Waals surface area contributed by atoms with Gasteiger partial charge in [-0.3, -0.25) is 14.8 Å². The molecule has 3 rings (SSSR count). The first-order valence-corrected chi connectivity index (χ1v) is 8.92. The molecule has 0 saturated carbocycles. The summed E-state index contributed by atoms with van der Waals surface area (Å²) in [5.41, 5.74) is 2.60. The molecule has 0 unspecified atom stereocenters. The summed E-state index contributed by atoms with van der Waals surface area (Å²) in [5.74, 6) is 1.63. The number of methoxy groups -OCH3 is 1. The predicted octanol–water partition coefficient (Wildman–Crippen LogP) is 2.81. The Morgan fingerprint density at radius 1 is 0.880 bits per heavy atom. The number of rotatable bonds is 7. The molecular formula is C20H27N3O2. The van der Waals surface area contributed by atoms with Crippen molar-refractivity contribution >= 4 is 0 Å². The Morgan fingerprint density at radius 3 is 2.12 bits per heavy atom. The van der Waals surface area contributed by atoms with E-state index in [0.29, 0.717) is 6.61 Å². The van der Waals surface area contributed by atoms with Crippen molar-refractivity contribution in [3.05, 3.63) is 53.9 Å². The van der Waals surface area contributed by atoms with Gasteiger partial charge in [-0.25, -0.2) is 0 Å². The number of piperazine rings is 1. The number of hydrogen-bond donors (Lipinski definition) is 0. The zero-order valence-corrected chi connectivity index (χ0v) is 15.1. The number of ether oxygens (including phenoxy) is 2. The van der Waals surface area contributed by atoms with E-state index in [1.54, 1.807) is 7.11 Å². The Morgan fingerprint density at radius 2 is 1.52 bits per heavy atom. The van der Waals surface area contributed by atoms with Crippen molar-refractivity contribution in [1.29, 1.82) is 0 Å². The molecule has 0 bridgehead atoms. The van der Waals surface area contributed by atoms with E-state index >= 15 is 0 Å². The van der Waals surface area contributed by atoms with Gasteiger partial charge < -0.3 is 9.47 Å². The van der Waals surface area contributed by atoms with Crippen LogP contribution in [-0.4, -0.2) is 54.7 Å². The Balaban J connectivity index is 1.52. The lowest BCUT2D eigenvalue weighted by Crippen LogP contribution is -2.45. The van der Waals surface area contributed by atoms with Crippen molar-refractivity contribution in [3.63, 3.8) is 0 Å². The van der Waals surface area contributed by atoms with Gasteiger partial charge in [0.1, 0.15) is 0 Å². The fraction of sp³-hybridized carbons (Fsp3) is 0.450. The van der Waals surface area contributed by atoms with Crippen LogP contribution in [0.4, 0.5) is 0 Å². The summed E-state index contributed by atoms with van der Waals surface area (Å²) >= 11 is 0.